The van der Waals surface area contributed by atoms with E-state index in [0.717, 1.165) is 39.5 Å². The smallest absolute Gasteiger partial charge is 0.0729 e. The maximum Gasteiger partial charge on any atom is 0.0729 e. The Bertz CT molecular complexity index is 373. The maximum atomic E-state index is 5.39. The quantitative estimate of drug-likeness (QED) is 0.855. The fraction of sp³-hybridized carbons (Fsp3) is 0.538. The van der Waals surface area contributed by atoms with Crippen molar-refractivity contribution < 1.29 is 9.47 Å². The third kappa shape index (κ3) is 2.37. The Morgan fingerprint density at radius 2 is 1.82 bits per heavy atom. The summed E-state index contributed by atoms with van der Waals surface area (Å²) >= 11 is 0. The highest BCUT2D eigenvalue weighted by molar-refractivity contribution is 5.70. The fourth-order valence-corrected chi connectivity index (χ4v) is 2.21. The van der Waals surface area contributed by atoms with Crippen molar-refractivity contribution in [1.82, 2.24) is 0 Å². The van der Waals surface area contributed by atoms with E-state index in [0.29, 0.717) is 6.04 Å². The number of morpholine rings is 1. The van der Waals surface area contributed by atoms with Gasteiger partial charge in [-0.3, -0.25) is 0 Å². The molecule has 1 aromatic rings. The second-order valence-corrected chi connectivity index (χ2v) is 4.50. The first-order valence-electron chi connectivity index (χ1n) is 6.19. The summed E-state index contributed by atoms with van der Waals surface area (Å²) in [5.41, 5.74) is 2.49. The molecule has 0 unspecified atom stereocenters. The standard InChI is InChI=1S/C13H18N2O2/c1-2-4-13(15-5-7-16-8-6-15)12(3-1)14-11-9-17-10-11/h1-4,11,14H,5-10H2. The molecule has 0 saturated carbocycles. The summed E-state index contributed by atoms with van der Waals surface area (Å²) in [7, 11) is 0. The summed E-state index contributed by atoms with van der Waals surface area (Å²) in [6.07, 6.45) is 0. The van der Waals surface area contributed by atoms with E-state index in [1.165, 1.54) is 11.4 Å². The second kappa shape index (κ2) is 4.94. The molecule has 92 valence electrons. The lowest BCUT2D eigenvalue weighted by Gasteiger charge is -2.33. The van der Waals surface area contributed by atoms with Crippen LogP contribution in [0.25, 0.3) is 0 Å². The molecule has 2 aliphatic rings. The molecule has 2 aliphatic heterocycles. The highest BCUT2D eigenvalue weighted by Gasteiger charge is 2.20. The largest absolute Gasteiger partial charge is 0.378 e. The number of para-hydroxylation sites is 2. The van der Waals surface area contributed by atoms with E-state index < -0.39 is 0 Å². The van der Waals surface area contributed by atoms with Crippen LogP contribution in [0.3, 0.4) is 0 Å². The Labute approximate surface area is 102 Å². The van der Waals surface area contributed by atoms with E-state index in [9.17, 15) is 0 Å². The minimum atomic E-state index is 0.470. The fourth-order valence-electron chi connectivity index (χ4n) is 2.21. The molecule has 2 saturated heterocycles. The Balaban J connectivity index is 1.76. The molecular weight excluding hydrogens is 216 g/mol. The molecular formula is C13H18N2O2. The van der Waals surface area contributed by atoms with Gasteiger partial charge in [0.2, 0.25) is 0 Å². The highest BCUT2D eigenvalue weighted by Crippen LogP contribution is 2.27. The minimum absolute atomic E-state index is 0.470. The number of nitrogens with one attached hydrogen (secondary N) is 1. The summed E-state index contributed by atoms with van der Waals surface area (Å²) in [6.45, 7) is 5.22. The van der Waals surface area contributed by atoms with Crippen LogP contribution in [-0.2, 0) is 9.47 Å². The van der Waals surface area contributed by atoms with Crippen LogP contribution in [0.15, 0.2) is 24.3 Å². The third-order valence-corrected chi connectivity index (χ3v) is 3.25. The van der Waals surface area contributed by atoms with Gasteiger partial charge in [0.1, 0.15) is 0 Å². The number of nitrogens with zero attached hydrogens (tertiary/aromatic N) is 1. The van der Waals surface area contributed by atoms with Crippen molar-refractivity contribution in [1.29, 1.82) is 0 Å². The summed E-state index contributed by atoms with van der Waals surface area (Å²) in [4.78, 5) is 2.38. The van der Waals surface area contributed by atoms with Crippen molar-refractivity contribution >= 4 is 11.4 Å². The summed E-state index contributed by atoms with van der Waals surface area (Å²) in [5.74, 6) is 0. The normalized spacial score (nSPS) is 21.1. The lowest BCUT2D eigenvalue weighted by Crippen LogP contribution is -2.41. The van der Waals surface area contributed by atoms with Gasteiger partial charge in [-0.1, -0.05) is 12.1 Å². The van der Waals surface area contributed by atoms with Crippen molar-refractivity contribution in [2.24, 2.45) is 0 Å². The van der Waals surface area contributed by atoms with Crippen LogP contribution in [0, 0.1) is 0 Å². The van der Waals surface area contributed by atoms with Gasteiger partial charge < -0.3 is 19.7 Å². The van der Waals surface area contributed by atoms with Crippen molar-refractivity contribution in [3.05, 3.63) is 24.3 Å². The first-order chi connectivity index (χ1) is 8.43. The molecule has 17 heavy (non-hydrogen) atoms. The Morgan fingerprint density at radius 1 is 1.06 bits per heavy atom. The molecule has 0 radical (unpaired) electrons. The molecule has 1 aromatic carbocycles. The molecule has 4 nitrogen and oxygen atoms in total. The van der Waals surface area contributed by atoms with Crippen molar-refractivity contribution in [3.8, 4) is 0 Å². The summed E-state index contributed by atoms with van der Waals surface area (Å²) in [5, 5.41) is 3.54. The van der Waals surface area contributed by atoms with Crippen molar-refractivity contribution in [3.63, 3.8) is 0 Å². The van der Waals surface area contributed by atoms with Crippen LogP contribution in [0.5, 0.6) is 0 Å². The van der Waals surface area contributed by atoms with Crippen LogP contribution >= 0.6 is 0 Å². The van der Waals surface area contributed by atoms with Gasteiger partial charge in [-0.05, 0) is 12.1 Å². The zero-order valence-corrected chi connectivity index (χ0v) is 9.89. The summed E-state index contributed by atoms with van der Waals surface area (Å²) in [6, 6.07) is 8.95. The predicted octanol–water partition coefficient (Wildman–Crippen LogP) is 1.33. The molecule has 0 atom stereocenters. The molecule has 0 bridgehead atoms. The molecule has 0 spiro atoms. The molecule has 1 N–H and O–H groups in total. The topological polar surface area (TPSA) is 33.7 Å². The second-order valence-electron chi connectivity index (χ2n) is 4.50. The van der Waals surface area contributed by atoms with E-state index >= 15 is 0 Å². The van der Waals surface area contributed by atoms with Crippen LogP contribution in [0.4, 0.5) is 11.4 Å². The van der Waals surface area contributed by atoms with Gasteiger partial charge in [0.15, 0.2) is 0 Å². The van der Waals surface area contributed by atoms with Crippen molar-refractivity contribution in [2.45, 2.75) is 6.04 Å². The van der Waals surface area contributed by atoms with Gasteiger partial charge >= 0.3 is 0 Å². The number of anilines is 2. The highest BCUT2D eigenvalue weighted by atomic mass is 16.5. The van der Waals surface area contributed by atoms with Gasteiger partial charge in [-0.2, -0.15) is 0 Å². The SMILES string of the molecule is c1ccc(N2CCOCC2)c(NC2COC2)c1. The molecule has 0 amide bonds. The number of hydrogen-bond donors (Lipinski definition) is 1. The number of rotatable bonds is 3. The van der Waals surface area contributed by atoms with Gasteiger partial charge in [0.25, 0.3) is 0 Å². The Hall–Kier alpha value is -1.26. The van der Waals surface area contributed by atoms with Gasteiger partial charge in [0.05, 0.1) is 43.8 Å². The van der Waals surface area contributed by atoms with Gasteiger partial charge in [-0.25, -0.2) is 0 Å². The van der Waals surface area contributed by atoms with Crippen LogP contribution in [0.1, 0.15) is 0 Å². The Morgan fingerprint density at radius 3 is 2.53 bits per heavy atom. The van der Waals surface area contributed by atoms with Crippen molar-refractivity contribution in [2.75, 3.05) is 49.7 Å². The van der Waals surface area contributed by atoms with E-state index in [2.05, 4.69) is 34.5 Å². The molecule has 4 heteroatoms. The predicted molar refractivity (Wildman–Crippen MR) is 67.7 cm³/mol. The summed E-state index contributed by atoms with van der Waals surface area (Å²) < 4.78 is 10.6. The lowest BCUT2D eigenvalue weighted by atomic mass is 10.2. The number of ether oxygens (including phenoxy) is 2. The molecule has 3 rings (SSSR count). The van der Waals surface area contributed by atoms with Crippen LogP contribution in [0.2, 0.25) is 0 Å². The maximum absolute atomic E-state index is 5.39. The molecule has 2 fully saturated rings. The molecule has 0 aliphatic carbocycles. The number of hydrogen-bond acceptors (Lipinski definition) is 4. The minimum Gasteiger partial charge on any atom is -0.378 e. The lowest BCUT2D eigenvalue weighted by molar-refractivity contribution is 0.0211. The van der Waals surface area contributed by atoms with E-state index in [4.69, 9.17) is 9.47 Å². The third-order valence-electron chi connectivity index (χ3n) is 3.25. The first kappa shape index (κ1) is 10.9. The molecule has 0 aromatic heterocycles. The van der Waals surface area contributed by atoms with E-state index in [-0.39, 0.29) is 0 Å². The molecule has 2 heterocycles. The average molecular weight is 234 g/mol. The average Bonchev–Trinajstić information content (AvgIpc) is 2.35. The monoisotopic (exact) mass is 234 g/mol. The zero-order valence-electron chi connectivity index (χ0n) is 9.89. The number of benzene rings is 1. The van der Waals surface area contributed by atoms with E-state index in [1.807, 2.05) is 0 Å². The zero-order chi connectivity index (χ0) is 11.5. The first-order valence-corrected chi connectivity index (χ1v) is 6.19. The van der Waals surface area contributed by atoms with Gasteiger partial charge in [0, 0.05) is 13.1 Å². The van der Waals surface area contributed by atoms with Gasteiger partial charge in [-0.15, -0.1) is 0 Å². The van der Waals surface area contributed by atoms with Crippen LogP contribution < -0.4 is 10.2 Å². The van der Waals surface area contributed by atoms with E-state index in [1.54, 1.807) is 0 Å². The Kier molecular flexibility index (Phi) is 3.16. The van der Waals surface area contributed by atoms with Crippen LogP contribution in [-0.4, -0.2) is 45.6 Å².